The highest BCUT2D eigenvalue weighted by Crippen LogP contribution is 2.31. The fourth-order valence-corrected chi connectivity index (χ4v) is 1.96. The van der Waals surface area contributed by atoms with Crippen molar-refractivity contribution in [3.05, 3.63) is 33.9 Å². The Bertz CT molecular complexity index is 512. The predicted molar refractivity (Wildman–Crippen MR) is 67.1 cm³/mol. The van der Waals surface area contributed by atoms with Crippen LogP contribution in [0.4, 0.5) is 5.69 Å². The summed E-state index contributed by atoms with van der Waals surface area (Å²) in [5, 5.41) is 10.7. The molecule has 0 saturated carbocycles. The van der Waals surface area contributed by atoms with E-state index in [9.17, 15) is 14.9 Å². The Morgan fingerprint density at radius 3 is 2.89 bits per heavy atom. The van der Waals surface area contributed by atoms with Crippen molar-refractivity contribution in [1.82, 2.24) is 0 Å². The van der Waals surface area contributed by atoms with Crippen molar-refractivity contribution in [2.24, 2.45) is 0 Å². The molecule has 0 spiro atoms. The zero-order chi connectivity index (χ0) is 14.0. The van der Waals surface area contributed by atoms with Gasteiger partial charge in [-0.05, 0) is 32.8 Å². The first-order valence-corrected chi connectivity index (χ1v) is 6.12. The van der Waals surface area contributed by atoms with E-state index in [1.54, 1.807) is 13.8 Å². The van der Waals surface area contributed by atoms with E-state index in [1.165, 1.54) is 18.2 Å². The second-order valence-corrected chi connectivity index (χ2v) is 4.68. The third kappa shape index (κ3) is 3.01. The van der Waals surface area contributed by atoms with Crippen LogP contribution < -0.4 is 4.74 Å². The number of nitrogens with zero attached hydrogens (tertiary/aromatic N) is 1. The molecule has 0 amide bonds. The van der Waals surface area contributed by atoms with Crippen LogP contribution in [0.2, 0.25) is 0 Å². The van der Waals surface area contributed by atoms with Crippen molar-refractivity contribution in [2.75, 3.05) is 0 Å². The molecule has 0 N–H and O–H groups in total. The number of rotatable bonds is 3. The van der Waals surface area contributed by atoms with Gasteiger partial charge in [-0.15, -0.1) is 0 Å². The first-order chi connectivity index (χ1) is 8.97. The van der Waals surface area contributed by atoms with Crippen molar-refractivity contribution in [2.45, 2.75) is 38.9 Å². The fraction of sp³-hybridized carbons (Fsp3) is 0.462. The second kappa shape index (κ2) is 5.26. The van der Waals surface area contributed by atoms with E-state index < -0.39 is 11.0 Å². The molecule has 1 aliphatic heterocycles. The molecule has 1 aromatic carbocycles. The third-order valence-corrected chi connectivity index (χ3v) is 2.81. The second-order valence-electron chi connectivity index (χ2n) is 4.68. The number of ether oxygens (including phenoxy) is 2. The summed E-state index contributed by atoms with van der Waals surface area (Å²) in [6.07, 6.45) is 0.222. The first kappa shape index (κ1) is 13.3. The molecule has 0 bridgehead atoms. The van der Waals surface area contributed by atoms with Gasteiger partial charge in [0.15, 0.2) is 6.10 Å². The molecule has 0 aliphatic carbocycles. The molecule has 1 atom stereocenters. The van der Waals surface area contributed by atoms with E-state index in [1.807, 2.05) is 0 Å². The van der Waals surface area contributed by atoms with E-state index in [2.05, 4.69) is 0 Å². The Hall–Kier alpha value is -2.11. The summed E-state index contributed by atoms with van der Waals surface area (Å²) in [5.41, 5.74) is 0.786. The van der Waals surface area contributed by atoms with Crippen molar-refractivity contribution >= 4 is 11.7 Å². The number of fused-ring (bicyclic) bond motifs is 1. The lowest BCUT2D eigenvalue weighted by molar-refractivity contribution is -0.385. The van der Waals surface area contributed by atoms with Crippen LogP contribution in [0, 0.1) is 10.1 Å². The molecular formula is C13H15NO5. The maximum Gasteiger partial charge on any atom is 0.347 e. The van der Waals surface area contributed by atoms with Crippen LogP contribution in [0.3, 0.4) is 0 Å². The van der Waals surface area contributed by atoms with Crippen LogP contribution in [0.1, 0.15) is 25.8 Å². The smallest absolute Gasteiger partial charge is 0.347 e. The molecule has 0 radical (unpaired) electrons. The molecule has 1 aromatic rings. The summed E-state index contributed by atoms with van der Waals surface area (Å²) in [4.78, 5) is 22.0. The number of esters is 1. The van der Waals surface area contributed by atoms with Gasteiger partial charge in [0, 0.05) is 17.7 Å². The standard InChI is InChI=1S/C13H15NO5/c1-8(2)18-13(15)12-5-3-9-7-10(14(16)17)4-6-11(9)19-12/h4,6-8,12H,3,5H2,1-2H3/t12-/m1/s1. The number of non-ortho nitro benzene ring substituents is 1. The number of aryl methyl sites for hydroxylation is 1. The number of carbonyl (C=O) groups is 1. The molecule has 1 heterocycles. The van der Waals surface area contributed by atoms with Crippen molar-refractivity contribution in [3.63, 3.8) is 0 Å². The lowest BCUT2D eigenvalue weighted by atomic mass is 10.0. The van der Waals surface area contributed by atoms with Gasteiger partial charge in [-0.2, -0.15) is 0 Å². The van der Waals surface area contributed by atoms with Gasteiger partial charge in [0.25, 0.3) is 5.69 Å². The summed E-state index contributed by atoms with van der Waals surface area (Å²) >= 11 is 0. The van der Waals surface area contributed by atoms with Crippen LogP contribution in [0.15, 0.2) is 18.2 Å². The van der Waals surface area contributed by atoms with Gasteiger partial charge in [0.1, 0.15) is 5.75 Å². The highest BCUT2D eigenvalue weighted by atomic mass is 16.6. The summed E-state index contributed by atoms with van der Waals surface area (Å²) in [5.74, 6) is 0.126. The maximum absolute atomic E-state index is 11.7. The fourth-order valence-electron chi connectivity index (χ4n) is 1.96. The predicted octanol–water partition coefficient (Wildman–Crippen LogP) is 2.24. The Balaban J connectivity index is 2.12. The highest BCUT2D eigenvalue weighted by molar-refractivity contribution is 5.75. The van der Waals surface area contributed by atoms with Gasteiger partial charge in [-0.3, -0.25) is 10.1 Å². The lowest BCUT2D eigenvalue weighted by Gasteiger charge is -2.25. The van der Waals surface area contributed by atoms with Gasteiger partial charge in [-0.25, -0.2) is 4.79 Å². The molecule has 0 saturated heterocycles. The zero-order valence-electron chi connectivity index (χ0n) is 10.8. The van der Waals surface area contributed by atoms with Gasteiger partial charge in [0.2, 0.25) is 0 Å². The number of carbonyl (C=O) groups excluding carboxylic acids is 1. The molecule has 0 unspecified atom stereocenters. The minimum atomic E-state index is -0.628. The van der Waals surface area contributed by atoms with Crippen molar-refractivity contribution in [1.29, 1.82) is 0 Å². The average Bonchev–Trinajstić information content (AvgIpc) is 2.36. The van der Waals surface area contributed by atoms with Crippen LogP contribution >= 0.6 is 0 Å². The van der Waals surface area contributed by atoms with Crippen molar-refractivity contribution in [3.8, 4) is 5.75 Å². The van der Waals surface area contributed by atoms with Gasteiger partial charge in [0.05, 0.1) is 11.0 Å². The van der Waals surface area contributed by atoms with Gasteiger partial charge in [-0.1, -0.05) is 0 Å². The SMILES string of the molecule is CC(C)OC(=O)[C@H]1CCc2cc([N+](=O)[O-])ccc2O1. The van der Waals surface area contributed by atoms with E-state index >= 15 is 0 Å². The Morgan fingerprint density at radius 2 is 2.26 bits per heavy atom. The number of nitro groups is 1. The normalized spacial score (nSPS) is 17.5. The summed E-state index contributed by atoms with van der Waals surface area (Å²) in [6.45, 7) is 3.55. The topological polar surface area (TPSA) is 78.7 Å². The molecule has 0 aromatic heterocycles. The number of benzene rings is 1. The maximum atomic E-state index is 11.7. The Labute approximate surface area is 110 Å². The van der Waals surface area contributed by atoms with E-state index in [-0.39, 0.29) is 17.8 Å². The molecule has 102 valence electrons. The molecule has 0 fully saturated rings. The highest BCUT2D eigenvalue weighted by Gasteiger charge is 2.28. The summed E-state index contributed by atoms with van der Waals surface area (Å²) in [7, 11) is 0. The molecule has 6 nitrogen and oxygen atoms in total. The number of nitro benzene ring substituents is 1. The van der Waals surface area contributed by atoms with Gasteiger partial charge >= 0.3 is 5.97 Å². The van der Waals surface area contributed by atoms with Crippen LogP contribution in [0.25, 0.3) is 0 Å². The van der Waals surface area contributed by atoms with Crippen molar-refractivity contribution < 1.29 is 19.2 Å². The van der Waals surface area contributed by atoms with Crippen LogP contribution in [-0.4, -0.2) is 23.1 Å². The first-order valence-electron chi connectivity index (χ1n) is 6.12. The lowest BCUT2D eigenvalue weighted by Crippen LogP contribution is -2.34. The number of hydrogen-bond donors (Lipinski definition) is 0. The average molecular weight is 265 g/mol. The van der Waals surface area contributed by atoms with E-state index in [0.29, 0.717) is 18.6 Å². The number of hydrogen-bond acceptors (Lipinski definition) is 5. The zero-order valence-corrected chi connectivity index (χ0v) is 10.8. The summed E-state index contributed by atoms with van der Waals surface area (Å²) in [6, 6.07) is 4.39. The minimum Gasteiger partial charge on any atom is -0.478 e. The largest absolute Gasteiger partial charge is 0.478 e. The Morgan fingerprint density at radius 1 is 1.53 bits per heavy atom. The van der Waals surface area contributed by atoms with Gasteiger partial charge < -0.3 is 9.47 Å². The quantitative estimate of drug-likeness (QED) is 0.475. The summed E-state index contributed by atoms with van der Waals surface area (Å²) < 4.78 is 10.6. The van der Waals surface area contributed by atoms with Crippen LogP contribution in [0.5, 0.6) is 5.75 Å². The minimum absolute atomic E-state index is 0.0329. The molecular weight excluding hydrogens is 250 g/mol. The monoisotopic (exact) mass is 265 g/mol. The third-order valence-electron chi connectivity index (χ3n) is 2.81. The Kier molecular flexibility index (Phi) is 3.69. The molecule has 6 heteroatoms. The van der Waals surface area contributed by atoms with E-state index in [0.717, 1.165) is 5.56 Å². The molecule has 2 rings (SSSR count). The van der Waals surface area contributed by atoms with E-state index in [4.69, 9.17) is 9.47 Å². The molecule has 19 heavy (non-hydrogen) atoms. The van der Waals surface area contributed by atoms with Crippen LogP contribution in [-0.2, 0) is 16.0 Å². The molecule has 1 aliphatic rings.